The third-order valence-corrected chi connectivity index (χ3v) is 2.43. The number of nitrogens with two attached hydrogens (primary N) is 1. The molecule has 1 atom stereocenters. The van der Waals surface area contributed by atoms with Gasteiger partial charge >= 0.3 is 6.03 Å². The largest absolute Gasteiger partial charge is 0.369 e. The number of hydrogen-bond donors (Lipinski definition) is 2. The molecule has 17 heavy (non-hydrogen) atoms. The Morgan fingerprint density at radius 2 is 2.24 bits per heavy atom. The number of nitrogens with zero attached hydrogens (tertiary/aromatic N) is 2. The third-order valence-electron chi connectivity index (χ3n) is 2.43. The van der Waals surface area contributed by atoms with Crippen molar-refractivity contribution in [2.45, 2.75) is 0 Å². The van der Waals surface area contributed by atoms with E-state index < -0.39 is 23.8 Å². The molecule has 2 heterocycles. The molecule has 0 bridgehead atoms. The highest BCUT2D eigenvalue weighted by Gasteiger charge is 2.36. The average Bonchev–Trinajstić information content (AvgIpc) is 2.29. The molecule has 0 radical (unpaired) electrons. The normalized spacial score (nSPS) is 20.0. The third kappa shape index (κ3) is 2.07. The molecule has 0 aliphatic carbocycles. The van der Waals surface area contributed by atoms with Gasteiger partial charge in [0.1, 0.15) is 11.7 Å². The van der Waals surface area contributed by atoms with Crippen molar-refractivity contribution in [1.29, 1.82) is 0 Å². The molecule has 0 aromatic carbocycles. The molecular weight excluding hydrogens is 224 g/mol. The summed E-state index contributed by atoms with van der Waals surface area (Å²) in [4.78, 5) is 39.1. The van der Waals surface area contributed by atoms with Crippen LogP contribution in [0, 0.1) is 5.92 Å². The number of anilines is 1. The fraction of sp³-hybridized carbons (Fsp3) is 0.200. The highest BCUT2D eigenvalue weighted by Crippen LogP contribution is 2.15. The van der Waals surface area contributed by atoms with E-state index in [1.807, 2.05) is 0 Å². The number of hydrogen-bond acceptors (Lipinski definition) is 4. The van der Waals surface area contributed by atoms with E-state index in [1.54, 1.807) is 18.2 Å². The smallest absolute Gasteiger partial charge is 0.329 e. The minimum atomic E-state index is -1.05. The van der Waals surface area contributed by atoms with Crippen LogP contribution in [0.4, 0.5) is 10.6 Å². The van der Waals surface area contributed by atoms with E-state index in [0.29, 0.717) is 5.82 Å². The monoisotopic (exact) mass is 234 g/mol. The first-order valence-electron chi connectivity index (χ1n) is 4.92. The van der Waals surface area contributed by atoms with Crippen LogP contribution in [0.1, 0.15) is 0 Å². The number of rotatable bonds is 2. The lowest BCUT2D eigenvalue weighted by molar-refractivity contribution is -0.132. The molecule has 1 aromatic heterocycles. The van der Waals surface area contributed by atoms with E-state index in [1.165, 1.54) is 11.1 Å². The van der Waals surface area contributed by atoms with Crippen LogP contribution >= 0.6 is 0 Å². The van der Waals surface area contributed by atoms with Crippen molar-refractivity contribution in [3.05, 3.63) is 24.4 Å². The summed E-state index contributed by atoms with van der Waals surface area (Å²) < 4.78 is 0. The zero-order chi connectivity index (χ0) is 12.4. The summed E-state index contributed by atoms with van der Waals surface area (Å²) >= 11 is 0. The summed E-state index contributed by atoms with van der Waals surface area (Å²) in [5.41, 5.74) is 5.09. The van der Waals surface area contributed by atoms with Gasteiger partial charge in [-0.2, -0.15) is 0 Å². The molecule has 1 aliphatic rings. The predicted molar refractivity (Wildman–Crippen MR) is 57.8 cm³/mol. The second kappa shape index (κ2) is 4.20. The Morgan fingerprint density at radius 3 is 2.82 bits per heavy atom. The molecule has 0 spiro atoms. The Bertz CT molecular complexity index is 474. The van der Waals surface area contributed by atoms with Crippen LogP contribution in [0.2, 0.25) is 0 Å². The number of carbonyl (C=O) groups excluding carboxylic acids is 3. The zero-order valence-electron chi connectivity index (χ0n) is 8.79. The summed E-state index contributed by atoms with van der Waals surface area (Å²) in [6, 6.07) is 4.40. The predicted octanol–water partition coefficient (Wildman–Crippen LogP) is -0.761. The highest BCUT2D eigenvalue weighted by molar-refractivity contribution is 6.12. The minimum absolute atomic E-state index is 0.0863. The second-order valence-corrected chi connectivity index (χ2v) is 3.55. The van der Waals surface area contributed by atoms with Crippen molar-refractivity contribution < 1.29 is 14.4 Å². The molecule has 7 nitrogen and oxygen atoms in total. The van der Waals surface area contributed by atoms with Gasteiger partial charge in [-0.05, 0) is 12.1 Å². The van der Waals surface area contributed by atoms with Crippen molar-refractivity contribution in [1.82, 2.24) is 10.3 Å². The highest BCUT2D eigenvalue weighted by atomic mass is 16.2. The number of pyridine rings is 1. The maximum atomic E-state index is 11.6. The quantitative estimate of drug-likeness (QED) is 0.656. The van der Waals surface area contributed by atoms with Crippen LogP contribution in [0.15, 0.2) is 24.4 Å². The van der Waals surface area contributed by atoms with Crippen LogP contribution in [0.5, 0.6) is 0 Å². The van der Waals surface area contributed by atoms with Crippen LogP contribution < -0.4 is 16.0 Å². The molecule has 3 N–H and O–H groups in total. The number of nitrogens with one attached hydrogen (secondary N) is 1. The Hall–Kier alpha value is -2.44. The van der Waals surface area contributed by atoms with Gasteiger partial charge in [0.2, 0.25) is 11.8 Å². The first-order valence-corrected chi connectivity index (χ1v) is 4.92. The maximum Gasteiger partial charge on any atom is 0.329 e. The Morgan fingerprint density at radius 1 is 1.47 bits per heavy atom. The van der Waals surface area contributed by atoms with E-state index in [-0.39, 0.29) is 6.54 Å². The van der Waals surface area contributed by atoms with Crippen LogP contribution in [0.25, 0.3) is 0 Å². The number of urea groups is 1. The van der Waals surface area contributed by atoms with Crippen LogP contribution in [-0.2, 0) is 9.59 Å². The number of imide groups is 1. The molecule has 2 rings (SSSR count). The van der Waals surface area contributed by atoms with Gasteiger partial charge in [0.15, 0.2) is 0 Å². The van der Waals surface area contributed by atoms with Crippen LogP contribution in [-0.4, -0.2) is 29.4 Å². The number of amides is 4. The van der Waals surface area contributed by atoms with Gasteiger partial charge in [-0.25, -0.2) is 9.78 Å². The average molecular weight is 234 g/mol. The van der Waals surface area contributed by atoms with Crippen molar-refractivity contribution >= 4 is 23.7 Å². The maximum absolute atomic E-state index is 11.6. The summed E-state index contributed by atoms with van der Waals surface area (Å²) in [6.07, 6.45) is 1.51. The summed E-state index contributed by atoms with van der Waals surface area (Å²) in [5.74, 6) is -2.12. The van der Waals surface area contributed by atoms with E-state index in [4.69, 9.17) is 5.73 Å². The molecule has 0 saturated carbocycles. The Kier molecular flexibility index (Phi) is 2.73. The van der Waals surface area contributed by atoms with Gasteiger partial charge in [0, 0.05) is 12.7 Å². The molecule has 1 aliphatic heterocycles. The van der Waals surface area contributed by atoms with Crippen molar-refractivity contribution in [3.63, 3.8) is 0 Å². The van der Waals surface area contributed by atoms with Gasteiger partial charge in [-0.3, -0.25) is 19.8 Å². The lowest BCUT2D eigenvalue weighted by Gasteiger charge is -2.29. The first kappa shape index (κ1) is 11.1. The molecule has 88 valence electrons. The fourth-order valence-corrected chi connectivity index (χ4v) is 1.54. The molecule has 1 fully saturated rings. The number of aromatic nitrogens is 1. The van der Waals surface area contributed by atoms with Crippen molar-refractivity contribution in [2.75, 3.05) is 11.4 Å². The van der Waals surface area contributed by atoms with Gasteiger partial charge in [-0.1, -0.05) is 6.07 Å². The standard InChI is InChI=1S/C10H10N4O3/c11-8(15)6-5-14(10(17)13-9(6)16)7-3-1-2-4-12-7/h1-4,6H,5H2,(H2,11,15)(H,13,16,17). The number of carbonyl (C=O) groups is 3. The van der Waals surface area contributed by atoms with Gasteiger partial charge in [0.25, 0.3) is 0 Å². The lowest BCUT2D eigenvalue weighted by Crippen LogP contribution is -2.58. The van der Waals surface area contributed by atoms with E-state index in [0.717, 1.165) is 0 Å². The van der Waals surface area contributed by atoms with Gasteiger partial charge < -0.3 is 5.73 Å². The minimum Gasteiger partial charge on any atom is -0.369 e. The van der Waals surface area contributed by atoms with Crippen LogP contribution in [0.3, 0.4) is 0 Å². The van der Waals surface area contributed by atoms with E-state index in [9.17, 15) is 14.4 Å². The molecule has 1 unspecified atom stereocenters. The Labute approximate surface area is 96.6 Å². The fourth-order valence-electron chi connectivity index (χ4n) is 1.54. The van der Waals surface area contributed by atoms with Gasteiger partial charge in [-0.15, -0.1) is 0 Å². The lowest BCUT2D eigenvalue weighted by atomic mass is 10.1. The summed E-state index contributed by atoms with van der Waals surface area (Å²) in [6.45, 7) is -0.0863. The molecule has 1 saturated heterocycles. The summed E-state index contributed by atoms with van der Waals surface area (Å²) in [5, 5.41) is 2.07. The number of primary amides is 1. The zero-order valence-corrected chi connectivity index (χ0v) is 8.79. The van der Waals surface area contributed by atoms with Gasteiger partial charge in [0.05, 0.1) is 0 Å². The molecule has 1 aromatic rings. The second-order valence-electron chi connectivity index (χ2n) is 3.55. The molecular formula is C10H10N4O3. The van der Waals surface area contributed by atoms with E-state index >= 15 is 0 Å². The van der Waals surface area contributed by atoms with Crippen molar-refractivity contribution in [2.24, 2.45) is 11.7 Å². The summed E-state index contributed by atoms with van der Waals surface area (Å²) in [7, 11) is 0. The SMILES string of the molecule is NC(=O)C1CN(c2ccccn2)C(=O)NC1=O. The molecule has 7 heteroatoms. The van der Waals surface area contributed by atoms with E-state index in [2.05, 4.69) is 10.3 Å². The molecule has 4 amide bonds. The Balaban J connectivity index is 2.27. The topological polar surface area (TPSA) is 105 Å². The first-order chi connectivity index (χ1) is 8.09. The van der Waals surface area contributed by atoms with Crippen molar-refractivity contribution in [3.8, 4) is 0 Å².